The topological polar surface area (TPSA) is 66.3 Å². The van der Waals surface area contributed by atoms with E-state index in [1.807, 2.05) is 49.4 Å². The molecular weight excluding hydrogens is 456 g/mol. The molecule has 1 amide bonds. The summed E-state index contributed by atoms with van der Waals surface area (Å²) in [5, 5.41) is 11.6. The molecule has 2 aromatic carbocycles. The van der Waals surface area contributed by atoms with Gasteiger partial charge >= 0.3 is 0 Å². The van der Waals surface area contributed by atoms with E-state index in [1.165, 1.54) is 0 Å². The summed E-state index contributed by atoms with van der Waals surface area (Å²) in [6.45, 7) is 6.70. The van der Waals surface area contributed by atoms with Crippen molar-refractivity contribution in [1.82, 2.24) is 30.1 Å². The predicted molar refractivity (Wildman–Crippen MR) is 124 cm³/mol. The number of hydrogen-bond acceptors (Lipinski definition) is 5. The summed E-state index contributed by atoms with van der Waals surface area (Å²) in [5.41, 5.74) is 3.00. The molecule has 1 saturated heterocycles. The van der Waals surface area contributed by atoms with Crippen LogP contribution in [0.25, 0.3) is 5.69 Å². The Hall–Kier alpha value is -2.55. The average molecular weight is 483 g/mol. The van der Waals surface area contributed by atoms with Crippen molar-refractivity contribution in [2.24, 2.45) is 0 Å². The third kappa shape index (κ3) is 5.20. The van der Waals surface area contributed by atoms with E-state index in [0.29, 0.717) is 11.4 Å². The van der Waals surface area contributed by atoms with Crippen molar-refractivity contribution in [2.45, 2.75) is 13.0 Å². The number of hydrogen-bond donors (Lipinski definition) is 1. The first-order chi connectivity index (χ1) is 15.0. The molecule has 0 spiro atoms. The molecule has 3 aromatic rings. The molecular formula is C23H27BrN6O. The average Bonchev–Trinajstić information content (AvgIpc) is 3.17. The van der Waals surface area contributed by atoms with Crippen molar-refractivity contribution in [3.05, 3.63) is 76.0 Å². The second kappa shape index (κ2) is 9.72. The van der Waals surface area contributed by atoms with Crippen molar-refractivity contribution < 1.29 is 4.79 Å². The maximum Gasteiger partial charge on any atom is 0.274 e. The summed E-state index contributed by atoms with van der Waals surface area (Å²) in [5.74, 6) is -0.207. The monoisotopic (exact) mass is 482 g/mol. The molecule has 31 heavy (non-hydrogen) atoms. The van der Waals surface area contributed by atoms with E-state index in [2.05, 4.69) is 60.5 Å². The molecule has 1 atom stereocenters. The van der Waals surface area contributed by atoms with Crippen LogP contribution < -0.4 is 5.32 Å². The highest BCUT2D eigenvalue weighted by Crippen LogP contribution is 2.19. The minimum atomic E-state index is -0.207. The van der Waals surface area contributed by atoms with Crippen LogP contribution in [0.3, 0.4) is 0 Å². The number of halogens is 1. The summed E-state index contributed by atoms with van der Waals surface area (Å²) in [4.78, 5) is 17.9. The van der Waals surface area contributed by atoms with Crippen molar-refractivity contribution >= 4 is 21.8 Å². The number of amides is 1. The number of carbonyl (C=O) groups is 1. The lowest BCUT2D eigenvalue weighted by molar-refractivity contribution is 0.0901. The largest absolute Gasteiger partial charge is 0.342 e. The highest BCUT2D eigenvalue weighted by Gasteiger charge is 2.24. The van der Waals surface area contributed by atoms with Crippen LogP contribution in [0.15, 0.2) is 59.1 Å². The van der Waals surface area contributed by atoms with Gasteiger partial charge in [0.1, 0.15) is 0 Å². The molecule has 0 saturated carbocycles. The molecule has 8 heteroatoms. The Bertz CT molecular complexity index is 1030. The number of piperazine rings is 1. The Morgan fingerprint density at radius 1 is 1.10 bits per heavy atom. The third-order valence-corrected chi connectivity index (χ3v) is 6.20. The quantitative estimate of drug-likeness (QED) is 0.584. The molecule has 0 radical (unpaired) electrons. The Kier molecular flexibility index (Phi) is 6.80. The van der Waals surface area contributed by atoms with Gasteiger partial charge in [-0.15, -0.1) is 5.10 Å². The molecule has 1 aliphatic rings. The molecule has 0 bridgehead atoms. The van der Waals surface area contributed by atoms with Gasteiger partial charge in [-0.25, -0.2) is 4.68 Å². The number of rotatable bonds is 6. The Morgan fingerprint density at radius 3 is 2.55 bits per heavy atom. The highest BCUT2D eigenvalue weighted by atomic mass is 79.9. The van der Waals surface area contributed by atoms with Crippen LogP contribution in [0.1, 0.15) is 27.8 Å². The normalized spacial score (nSPS) is 16.2. The Balaban J connectivity index is 1.54. The van der Waals surface area contributed by atoms with Gasteiger partial charge in [-0.3, -0.25) is 9.69 Å². The molecule has 2 heterocycles. The number of aromatic nitrogens is 3. The predicted octanol–water partition coefficient (Wildman–Crippen LogP) is 3.06. The number of likely N-dealkylation sites (N-methyl/N-ethyl adjacent to an activating group) is 1. The van der Waals surface area contributed by atoms with Crippen LogP contribution in [0.4, 0.5) is 0 Å². The number of nitrogens with zero attached hydrogens (tertiary/aromatic N) is 5. The van der Waals surface area contributed by atoms with Gasteiger partial charge in [-0.1, -0.05) is 57.5 Å². The fourth-order valence-electron chi connectivity index (χ4n) is 3.83. The van der Waals surface area contributed by atoms with Gasteiger partial charge in [-0.2, -0.15) is 0 Å². The van der Waals surface area contributed by atoms with Gasteiger partial charge in [0.2, 0.25) is 0 Å². The van der Waals surface area contributed by atoms with Gasteiger partial charge in [-0.05, 0) is 37.7 Å². The molecule has 7 nitrogen and oxygen atoms in total. The summed E-state index contributed by atoms with van der Waals surface area (Å²) >= 11 is 3.48. The minimum absolute atomic E-state index is 0.118. The van der Waals surface area contributed by atoms with E-state index in [9.17, 15) is 4.79 Å². The fourth-order valence-corrected chi connectivity index (χ4v) is 4.21. The highest BCUT2D eigenvalue weighted by molar-refractivity contribution is 9.10. The van der Waals surface area contributed by atoms with Gasteiger partial charge in [0, 0.05) is 37.2 Å². The van der Waals surface area contributed by atoms with Crippen molar-refractivity contribution in [3.8, 4) is 5.69 Å². The van der Waals surface area contributed by atoms with Crippen LogP contribution in [-0.2, 0) is 0 Å². The van der Waals surface area contributed by atoms with Gasteiger partial charge in [0.05, 0.1) is 17.4 Å². The zero-order valence-electron chi connectivity index (χ0n) is 17.8. The van der Waals surface area contributed by atoms with E-state index in [0.717, 1.165) is 48.4 Å². The van der Waals surface area contributed by atoms with Gasteiger partial charge in [0.25, 0.3) is 5.91 Å². The van der Waals surface area contributed by atoms with Crippen LogP contribution in [0, 0.1) is 6.92 Å². The lowest BCUT2D eigenvalue weighted by Gasteiger charge is -2.35. The Morgan fingerprint density at radius 2 is 1.84 bits per heavy atom. The smallest absolute Gasteiger partial charge is 0.274 e. The first kappa shape index (κ1) is 21.7. The van der Waals surface area contributed by atoms with Crippen molar-refractivity contribution in [1.29, 1.82) is 0 Å². The summed E-state index contributed by atoms with van der Waals surface area (Å²) in [6, 6.07) is 17.8. The van der Waals surface area contributed by atoms with E-state index < -0.39 is 0 Å². The lowest BCUT2D eigenvalue weighted by atomic mass is 10.1. The van der Waals surface area contributed by atoms with Crippen LogP contribution >= 0.6 is 15.9 Å². The molecule has 1 fully saturated rings. The summed E-state index contributed by atoms with van der Waals surface area (Å²) in [7, 11) is 2.14. The first-order valence-corrected chi connectivity index (χ1v) is 11.3. The number of benzene rings is 2. The van der Waals surface area contributed by atoms with E-state index in [1.54, 1.807) is 4.68 Å². The second-order valence-electron chi connectivity index (χ2n) is 7.96. The number of carbonyl (C=O) groups excluding carboxylic acids is 1. The van der Waals surface area contributed by atoms with Crippen LogP contribution in [-0.4, -0.2) is 70.5 Å². The molecule has 1 aromatic heterocycles. The van der Waals surface area contributed by atoms with Crippen LogP contribution in [0.2, 0.25) is 0 Å². The van der Waals surface area contributed by atoms with E-state index in [4.69, 9.17) is 0 Å². The molecule has 1 aliphatic heterocycles. The molecule has 4 rings (SSSR count). The zero-order valence-corrected chi connectivity index (χ0v) is 19.4. The molecule has 1 N–H and O–H groups in total. The maximum atomic E-state index is 13.2. The summed E-state index contributed by atoms with van der Waals surface area (Å²) in [6.07, 6.45) is 0. The second-order valence-corrected chi connectivity index (χ2v) is 8.87. The zero-order chi connectivity index (χ0) is 21.8. The van der Waals surface area contributed by atoms with Gasteiger partial charge < -0.3 is 10.2 Å². The van der Waals surface area contributed by atoms with Crippen LogP contribution in [0.5, 0.6) is 0 Å². The lowest BCUT2D eigenvalue weighted by Crippen LogP contribution is -2.47. The fraction of sp³-hybridized carbons (Fsp3) is 0.348. The van der Waals surface area contributed by atoms with Crippen molar-refractivity contribution in [2.75, 3.05) is 39.8 Å². The van der Waals surface area contributed by atoms with Gasteiger partial charge in [0.15, 0.2) is 5.69 Å². The summed E-state index contributed by atoms with van der Waals surface area (Å²) < 4.78 is 2.64. The van der Waals surface area contributed by atoms with Crippen molar-refractivity contribution in [3.63, 3.8) is 0 Å². The SMILES string of the molecule is Cc1c(C(=O)NC(CN2CCN(C)CC2)c2ccccc2)nnn1-c1cccc(Br)c1. The van der Waals surface area contributed by atoms with E-state index >= 15 is 0 Å². The number of nitrogens with one attached hydrogen (secondary N) is 1. The Labute approximate surface area is 191 Å². The van der Waals surface area contributed by atoms with E-state index in [-0.39, 0.29) is 11.9 Å². The maximum absolute atomic E-state index is 13.2. The first-order valence-electron chi connectivity index (χ1n) is 10.5. The molecule has 0 aliphatic carbocycles. The third-order valence-electron chi connectivity index (χ3n) is 5.71. The minimum Gasteiger partial charge on any atom is -0.342 e. The molecule has 162 valence electrons. The molecule has 1 unspecified atom stereocenters. The standard InChI is InChI=1S/C23H27BrN6O/c1-17-22(26-27-30(17)20-10-6-9-19(24)15-20)23(31)25-21(18-7-4-3-5-8-18)16-29-13-11-28(2)12-14-29/h3-10,15,21H,11-14,16H2,1-2H3,(H,25,31).